The SMILES string of the molecule is CSCC(=O)N1CC(F)(c2ccc(C3=CC(c4cc(Cl)c(Cl)c(Cl)c4)(C(F)(F)F)ON3)cn2)C1. The van der Waals surface area contributed by atoms with Gasteiger partial charge in [0.25, 0.3) is 0 Å². The summed E-state index contributed by atoms with van der Waals surface area (Å²) >= 11 is 19.1. The van der Waals surface area contributed by atoms with Crippen molar-refractivity contribution in [3.05, 3.63) is 68.4 Å². The number of alkyl halides is 4. The topological polar surface area (TPSA) is 54.5 Å². The van der Waals surface area contributed by atoms with Gasteiger partial charge in [-0.1, -0.05) is 34.8 Å². The molecule has 1 N–H and O–H groups in total. The number of likely N-dealkylation sites (tertiary alicyclic amines) is 1. The Labute approximate surface area is 211 Å². The van der Waals surface area contributed by atoms with Gasteiger partial charge in [-0.3, -0.25) is 20.1 Å². The van der Waals surface area contributed by atoms with Crippen molar-refractivity contribution in [2.45, 2.75) is 17.4 Å². The highest BCUT2D eigenvalue weighted by Crippen LogP contribution is 2.49. The number of benzene rings is 1. The van der Waals surface area contributed by atoms with E-state index in [2.05, 4.69) is 10.5 Å². The van der Waals surface area contributed by atoms with Gasteiger partial charge < -0.3 is 4.90 Å². The van der Waals surface area contributed by atoms with E-state index in [0.29, 0.717) is 0 Å². The number of nitrogens with zero attached hydrogens (tertiary/aromatic N) is 2. The lowest BCUT2D eigenvalue weighted by Crippen LogP contribution is -2.59. The maximum absolute atomic E-state index is 15.1. The third-order valence-electron chi connectivity index (χ3n) is 5.54. The third kappa shape index (κ3) is 4.35. The van der Waals surface area contributed by atoms with Crippen molar-refractivity contribution in [2.24, 2.45) is 0 Å². The number of rotatable bonds is 5. The van der Waals surface area contributed by atoms with Gasteiger partial charge in [-0.15, -0.1) is 0 Å². The number of thioether (sulfide) groups is 1. The summed E-state index contributed by atoms with van der Waals surface area (Å²) in [5.41, 5.74) is -2.52. The maximum atomic E-state index is 15.1. The van der Waals surface area contributed by atoms with E-state index >= 15 is 4.39 Å². The molecule has 0 saturated carbocycles. The number of carbonyl (C=O) groups is 1. The Kier molecular flexibility index (Phi) is 6.76. The number of aromatic nitrogens is 1. The number of carbonyl (C=O) groups excluding carboxylic acids is 1. The molecule has 4 rings (SSSR count). The first-order chi connectivity index (χ1) is 15.9. The first-order valence-corrected chi connectivity index (χ1v) is 12.2. The van der Waals surface area contributed by atoms with Gasteiger partial charge in [0, 0.05) is 17.3 Å². The van der Waals surface area contributed by atoms with Crippen LogP contribution in [0.25, 0.3) is 5.70 Å². The van der Waals surface area contributed by atoms with Crippen molar-refractivity contribution in [1.29, 1.82) is 0 Å². The van der Waals surface area contributed by atoms with E-state index in [0.717, 1.165) is 18.2 Å². The second kappa shape index (κ2) is 9.05. The molecule has 1 fully saturated rings. The number of nitrogens with one attached hydrogen (secondary N) is 1. The Morgan fingerprint density at radius 3 is 2.41 bits per heavy atom. The minimum Gasteiger partial charge on any atom is -0.335 e. The molecule has 13 heteroatoms. The molecule has 34 heavy (non-hydrogen) atoms. The molecule has 1 aromatic carbocycles. The van der Waals surface area contributed by atoms with E-state index in [1.165, 1.54) is 35.0 Å². The van der Waals surface area contributed by atoms with Gasteiger partial charge in [-0.25, -0.2) is 4.39 Å². The monoisotopic (exact) mass is 555 g/mol. The van der Waals surface area contributed by atoms with Gasteiger partial charge in [-0.2, -0.15) is 24.9 Å². The van der Waals surface area contributed by atoms with Crippen LogP contribution in [0.15, 0.2) is 36.5 Å². The zero-order valence-corrected chi connectivity index (χ0v) is 20.4. The molecule has 1 atom stereocenters. The zero-order valence-electron chi connectivity index (χ0n) is 17.4. The summed E-state index contributed by atoms with van der Waals surface area (Å²) in [4.78, 5) is 22.4. The summed E-state index contributed by atoms with van der Waals surface area (Å²) in [6, 6.07) is 4.85. The summed E-state index contributed by atoms with van der Waals surface area (Å²) in [5.74, 6) is 0.0912. The zero-order chi connectivity index (χ0) is 24.9. The van der Waals surface area contributed by atoms with Crippen molar-refractivity contribution >= 4 is 58.2 Å². The molecule has 0 aliphatic carbocycles. The summed E-state index contributed by atoms with van der Waals surface area (Å²) < 4.78 is 57.6. The predicted octanol–water partition coefficient (Wildman–Crippen LogP) is 5.75. The van der Waals surface area contributed by atoms with E-state index in [4.69, 9.17) is 39.6 Å². The molecule has 1 amide bonds. The lowest BCUT2D eigenvalue weighted by molar-refractivity contribution is -0.269. The molecule has 3 heterocycles. The number of hydroxylamine groups is 1. The van der Waals surface area contributed by atoms with Crippen LogP contribution < -0.4 is 5.48 Å². The molecule has 1 unspecified atom stereocenters. The Hall–Kier alpha value is -1.72. The highest BCUT2D eigenvalue weighted by atomic mass is 35.5. The van der Waals surface area contributed by atoms with Gasteiger partial charge in [0.05, 0.1) is 45.3 Å². The standard InChI is InChI=1S/C21H16Cl3F4N3O2S/c1-34-8-17(32)31-9-19(25,10-31)16-3-2-11(7-29-16)15-6-20(33-30-15,21(26,27)28)12-4-13(22)18(24)14(23)5-12/h2-7,30H,8-10H2,1H3. The number of amides is 1. The Morgan fingerprint density at radius 2 is 1.88 bits per heavy atom. The molecule has 2 aliphatic heterocycles. The minimum atomic E-state index is -4.89. The van der Waals surface area contributed by atoms with Gasteiger partial charge in [-0.05, 0) is 36.6 Å². The Bertz CT molecular complexity index is 1130. The van der Waals surface area contributed by atoms with E-state index < -0.39 is 17.4 Å². The summed E-state index contributed by atoms with van der Waals surface area (Å²) in [7, 11) is 0. The summed E-state index contributed by atoms with van der Waals surface area (Å²) in [6.07, 6.45) is -1.05. The predicted molar refractivity (Wildman–Crippen MR) is 123 cm³/mol. The van der Waals surface area contributed by atoms with E-state index in [1.807, 2.05) is 0 Å². The Morgan fingerprint density at radius 1 is 1.24 bits per heavy atom. The van der Waals surface area contributed by atoms with Gasteiger partial charge in [0.1, 0.15) is 0 Å². The van der Waals surface area contributed by atoms with Crippen molar-refractivity contribution in [2.75, 3.05) is 25.1 Å². The van der Waals surface area contributed by atoms with Crippen LogP contribution in [0.3, 0.4) is 0 Å². The minimum absolute atomic E-state index is 0.0307. The highest BCUT2D eigenvalue weighted by molar-refractivity contribution is 7.99. The third-order valence-corrected chi connectivity index (χ3v) is 7.27. The highest BCUT2D eigenvalue weighted by Gasteiger charge is 2.60. The van der Waals surface area contributed by atoms with Crippen molar-refractivity contribution in [1.82, 2.24) is 15.4 Å². The van der Waals surface area contributed by atoms with Crippen LogP contribution >= 0.6 is 46.6 Å². The van der Waals surface area contributed by atoms with Crippen molar-refractivity contribution in [3.8, 4) is 0 Å². The normalized spacial score (nSPS) is 21.6. The lowest BCUT2D eigenvalue weighted by atomic mass is 9.90. The van der Waals surface area contributed by atoms with Crippen LogP contribution in [0, 0.1) is 0 Å². The van der Waals surface area contributed by atoms with Crippen LogP contribution in [0.2, 0.25) is 15.1 Å². The summed E-state index contributed by atoms with van der Waals surface area (Å²) in [6.45, 7) is -0.254. The molecule has 0 spiro atoms. The smallest absolute Gasteiger partial charge is 0.335 e. The van der Waals surface area contributed by atoms with Crippen LogP contribution in [0.5, 0.6) is 0 Å². The van der Waals surface area contributed by atoms with Gasteiger partial charge in [0.15, 0.2) is 5.67 Å². The molecule has 182 valence electrons. The molecule has 2 aromatic rings. The average molecular weight is 557 g/mol. The molecule has 0 radical (unpaired) electrons. The van der Waals surface area contributed by atoms with E-state index in [-0.39, 0.29) is 62.3 Å². The molecule has 1 aromatic heterocycles. The quantitative estimate of drug-likeness (QED) is 0.376. The fraction of sp³-hybridized carbons (Fsp3) is 0.333. The van der Waals surface area contributed by atoms with Crippen LogP contribution in [0.1, 0.15) is 16.8 Å². The maximum Gasteiger partial charge on any atom is 0.428 e. The van der Waals surface area contributed by atoms with Crippen LogP contribution in [-0.4, -0.2) is 47.1 Å². The second-order valence-electron chi connectivity index (χ2n) is 7.83. The molecular formula is C21H16Cl3F4N3O2S. The Balaban J connectivity index is 1.61. The van der Waals surface area contributed by atoms with Crippen molar-refractivity contribution in [3.63, 3.8) is 0 Å². The van der Waals surface area contributed by atoms with Gasteiger partial charge >= 0.3 is 6.18 Å². The molecule has 0 bridgehead atoms. The molecule has 1 saturated heterocycles. The van der Waals surface area contributed by atoms with E-state index in [1.54, 1.807) is 6.26 Å². The first-order valence-electron chi connectivity index (χ1n) is 9.71. The number of hydrogen-bond donors (Lipinski definition) is 1. The molecule has 5 nitrogen and oxygen atoms in total. The van der Waals surface area contributed by atoms with Gasteiger partial charge in [0.2, 0.25) is 11.5 Å². The summed E-state index contributed by atoms with van der Waals surface area (Å²) in [5, 5.41) is -0.407. The number of pyridine rings is 1. The van der Waals surface area contributed by atoms with Crippen LogP contribution in [0.4, 0.5) is 17.6 Å². The first kappa shape index (κ1) is 25.4. The number of halogens is 7. The number of hydrogen-bond acceptors (Lipinski definition) is 5. The van der Waals surface area contributed by atoms with Crippen molar-refractivity contribution < 1.29 is 27.2 Å². The molecular weight excluding hydrogens is 541 g/mol. The second-order valence-corrected chi connectivity index (χ2v) is 9.89. The lowest BCUT2D eigenvalue weighted by Gasteiger charge is -2.43. The average Bonchev–Trinajstić information content (AvgIpc) is 3.22. The fourth-order valence-corrected chi connectivity index (χ4v) is 4.71. The van der Waals surface area contributed by atoms with E-state index in [9.17, 15) is 18.0 Å². The molecule has 2 aliphatic rings. The van der Waals surface area contributed by atoms with Crippen LogP contribution in [-0.2, 0) is 20.9 Å². The largest absolute Gasteiger partial charge is 0.428 e. The fourth-order valence-electron chi connectivity index (χ4n) is 3.69.